The van der Waals surface area contributed by atoms with Gasteiger partial charge < -0.3 is 14.5 Å². The molecule has 0 saturated carbocycles. The average Bonchev–Trinajstić information content (AvgIpc) is 3.10. The summed E-state index contributed by atoms with van der Waals surface area (Å²) in [5.41, 5.74) is 0.675. The fourth-order valence-electron chi connectivity index (χ4n) is 3.83. The number of rotatable bonds is 2. The maximum absolute atomic E-state index is 13.1. The van der Waals surface area contributed by atoms with Gasteiger partial charge >= 0.3 is 6.09 Å². The van der Waals surface area contributed by atoms with Gasteiger partial charge in [-0.15, -0.1) is 0 Å². The summed E-state index contributed by atoms with van der Waals surface area (Å²) >= 11 is 0. The van der Waals surface area contributed by atoms with Crippen LogP contribution in [0.15, 0.2) is 24.5 Å². The highest BCUT2D eigenvalue weighted by Gasteiger charge is 2.36. The molecule has 3 heterocycles. The van der Waals surface area contributed by atoms with Crippen molar-refractivity contribution < 1.29 is 14.3 Å². The lowest BCUT2D eigenvalue weighted by molar-refractivity contribution is -0.138. The number of pyridine rings is 1. The SMILES string of the molecule is CC(C)(C)OC(=O)N1CCC(C(=O)N2CCC[C@H]2c2ccncc2)CC1. The second-order valence-corrected chi connectivity index (χ2v) is 8.21. The summed E-state index contributed by atoms with van der Waals surface area (Å²) in [7, 11) is 0. The summed E-state index contributed by atoms with van der Waals surface area (Å²) in [6, 6.07) is 4.16. The number of piperidine rings is 1. The zero-order valence-electron chi connectivity index (χ0n) is 16.0. The summed E-state index contributed by atoms with van der Waals surface area (Å²) in [4.78, 5) is 33.1. The molecule has 0 aromatic carbocycles. The Hall–Kier alpha value is -2.11. The number of nitrogens with zero attached hydrogens (tertiary/aromatic N) is 3. The van der Waals surface area contributed by atoms with Gasteiger partial charge in [-0.2, -0.15) is 0 Å². The molecule has 0 spiro atoms. The minimum Gasteiger partial charge on any atom is -0.444 e. The van der Waals surface area contributed by atoms with Crippen molar-refractivity contribution in [3.05, 3.63) is 30.1 Å². The quantitative estimate of drug-likeness (QED) is 0.812. The van der Waals surface area contributed by atoms with Gasteiger partial charge in [-0.3, -0.25) is 9.78 Å². The van der Waals surface area contributed by atoms with Crippen molar-refractivity contribution in [2.75, 3.05) is 19.6 Å². The van der Waals surface area contributed by atoms with Crippen LogP contribution in [0.3, 0.4) is 0 Å². The molecule has 1 atom stereocenters. The molecule has 0 aliphatic carbocycles. The van der Waals surface area contributed by atoms with E-state index in [1.165, 1.54) is 0 Å². The van der Waals surface area contributed by atoms with E-state index in [0.29, 0.717) is 25.9 Å². The van der Waals surface area contributed by atoms with Crippen LogP contribution < -0.4 is 0 Å². The number of likely N-dealkylation sites (tertiary alicyclic amines) is 2. The Kier molecular flexibility index (Phi) is 5.49. The molecule has 2 amide bonds. The van der Waals surface area contributed by atoms with Crippen molar-refractivity contribution in [2.24, 2.45) is 5.92 Å². The molecule has 0 bridgehead atoms. The normalized spacial score (nSPS) is 21.7. The van der Waals surface area contributed by atoms with Gasteiger partial charge in [-0.1, -0.05) is 0 Å². The molecule has 2 aliphatic heterocycles. The third kappa shape index (κ3) is 4.34. The second kappa shape index (κ2) is 7.64. The van der Waals surface area contributed by atoms with Crippen LogP contribution in [0.25, 0.3) is 0 Å². The minimum atomic E-state index is -0.489. The van der Waals surface area contributed by atoms with E-state index < -0.39 is 5.60 Å². The molecular formula is C20H29N3O3. The van der Waals surface area contributed by atoms with Crippen molar-refractivity contribution in [2.45, 2.75) is 58.1 Å². The van der Waals surface area contributed by atoms with E-state index in [0.717, 1.165) is 24.9 Å². The molecular weight excluding hydrogens is 330 g/mol. The largest absolute Gasteiger partial charge is 0.444 e. The molecule has 1 aromatic rings. The van der Waals surface area contributed by atoms with Crippen LogP contribution >= 0.6 is 0 Å². The Labute approximate surface area is 155 Å². The van der Waals surface area contributed by atoms with Crippen LogP contribution in [0.2, 0.25) is 0 Å². The van der Waals surface area contributed by atoms with Crippen LogP contribution in [-0.4, -0.2) is 52.0 Å². The van der Waals surface area contributed by atoms with Crippen LogP contribution in [0.4, 0.5) is 4.79 Å². The number of ether oxygens (including phenoxy) is 1. The molecule has 26 heavy (non-hydrogen) atoms. The lowest BCUT2D eigenvalue weighted by Crippen LogP contribution is -2.45. The highest BCUT2D eigenvalue weighted by molar-refractivity contribution is 5.80. The number of carbonyl (C=O) groups is 2. The Bertz CT molecular complexity index is 633. The topological polar surface area (TPSA) is 62.7 Å². The minimum absolute atomic E-state index is 0.00359. The Balaban J connectivity index is 1.57. The van der Waals surface area contributed by atoms with E-state index in [1.54, 1.807) is 17.3 Å². The first-order valence-corrected chi connectivity index (χ1v) is 9.53. The van der Waals surface area contributed by atoms with Gasteiger partial charge in [0, 0.05) is 37.9 Å². The molecule has 0 N–H and O–H groups in total. The van der Waals surface area contributed by atoms with Gasteiger partial charge in [0.15, 0.2) is 0 Å². The fraction of sp³-hybridized carbons (Fsp3) is 0.650. The predicted octanol–water partition coefficient (Wildman–Crippen LogP) is 3.39. The molecule has 0 unspecified atom stereocenters. The molecule has 1 aromatic heterocycles. The Morgan fingerprint density at radius 1 is 1.08 bits per heavy atom. The molecule has 2 saturated heterocycles. The molecule has 0 radical (unpaired) electrons. The van der Waals surface area contributed by atoms with E-state index in [1.807, 2.05) is 37.8 Å². The first-order chi connectivity index (χ1) is 12.3. The molecule has 2 fully saturated rings. The Morgan fingerprint density at radius 2 is 1.73 bits per heavy atom. The smallest absolute Gasteiger partial charge is 0.410 e. The van der Waals surface area contributed by atoms with E-state index in [4.69, 9.17) is 4.74 Å². The highest BCUT2D eigenvalue weighted by atomic mass is 16.6. The first kappa shape index (κ1) is 18.7. The van der Waals surface area contributed by atoms with Crippen LogP contribution in [0.1, 0.15) is 58.1 Å². The van der Waals surface area contributed by atoms with E-state index >= 15 is 0 Å². The number of hydrogen-bond donors (Lipinski definition) is 0. The maximum Gasteiger partial charge on any atom is 0.410 e. The summed E-state index contributed by atoms with van der Waals surface area (Å²) in [6.45, 7) is 7.59. The van der Waals surface area contributed by atoms with Crippen LogP contribution in [0.5, 0.6) is 0 Å². The average molecular weight is 359 g/mol. The van der Waals surface area contributed by atoms with Gasteiger partial charge in [0.2, 0.25) is 5.91 Å². The highest BCUT2D eigenvalue weighted by Crippen LogP contribution is 2.34. The van der Waals surface area contributed by atoms with Gasteiger partial charge in [-0.25, -0.2) is 4.79 Å². The van der Waals surface area contributed by atoms with Crippen LogP contribution in [-0.2, 0) is 9.53 Å². The van der Waals surface area contributed by atoms with Gasteiger partial charge in [-0.05, 0) is 64.2 Å². The summed E-state index contributed by atoms with van der Waals surface area (Å²) in [6.07, 6.45) is 6.75. The zero-order chi connectivity index (χ0) is 18.7. The molecule has 142 valence electrons. The fourth-order valence-corrected chi connectivity index (χ4v) is 3.83. The standard InChI is InChI=1S/C20H29N3O3/c1-20(2,3)26-19(25)22-13-8-16(9-14-22)18(24)23-12-4-5-17(23)15-6-10-21-11-7-15/h6-7,10-11,16-17H,4-5,8-9,12-14H2,1-3H3/t17-/m0/s1. The zero-order valence-corrected chi connectivity index (χ0v) is 16.0. The van der Waals surface area contributed by atoms with Crippen molar-refractivity contribution >= 4 is 12.0 Å². The van der Waals surface area contributed by atoms with Gasteiger partial charge in [0.05, 0.1) is 6.04 Å². The van der Waals surface area contributed by atoms with Gasteiger partial charge in [0.25, 0.3) is 0 Å². The van der Waals surface area contributed by atoms with Gasteiger partial charge in [0.1, 0.15) is 5.60 Å². The van der Waals surface area contributed by atoms with Crippen molar-refractivity contribution in [3.63, 3.8) is 0 Å². The van der Waals surface area contributed by atoms with E-state index in [9.17, 15) is 9.59 Å². The molecule has 2 aliphatic rings. The monoisotopic (exact) mass is 359 g/mol. The first-order valence-electron chi connectivity index (χ1n) is 9.53. The van der Waals surface area contributed by atoms with Crippen molar-refractivity contribution in [1.82, 2.24) is 14.8 Å². The predicted molar refractivity (Wildman–Crippen MR) is 98.5 cm³/mol. The number of carbonyl (C=O) groups excluding carboxylic acids is 2. The molecule has 6 nitrogen and oxygen atoms in total. The molecule has 6 heteroatoms. The number of aromatic nitrogens is 1. The third-order valence-corrected chi connectivity index (χ3v) is 5.12. The van der Waals surface area contributed by atoms with E-state index in [-0.39, 0.29) is 24.0 Å². The summed E-state index contributed by atoms with van der Waals surface area (Å²) < 4.78 is 5.43. The van der Waals surface area contributed by atoms with Crippen LogP contribution in [0, 0.1) is 5.92 Å². The lowest BCUT2D eigenvalue weighted by atomic mass is 9.94. The Morgan fingerprint density at radius 3 is 2.35 bits per heavy atom. The lowest BCUT2D eigenvalue weighted by Gasteiger charge is -2.35. The van der Waals surface area contributed by atoms with Crippen molar-refractivity contribution in [1.29, 1.82) is 0 Å². The van der Waals surface area contributed by atoms with Crippen molar-refractivity contribution in [3.8, 4) is 0 Å². The number of amides is 2. The number of hydrogen-bond acceptors (Lipinski definition) is 4. The second-order valence-electron chi connectivity index (χ2n) is 8.21. The van der Waals surface area contributed by atoms with E-state index in [2.05, 4.69) is 4.98 Å². The maximum atomic E-state index is 13.1. The summed E-state index contributed by atoms with van der Waals surface area (Å²) in [5, 5.41) is 0. The molecule has 3 rings (SSSR count). The third-order valence-electron chi connectivity index (χ3n) is 5.12. The summed E-state index contributed by atoms with van der Waals surface area (Å²) in [5.74, 6) is 0.226.